The first-order chi connectivity index (χ1) is 12.7. The fourth-order valence-corrected chi connectivity index (χ4v) is 3.10. The molecule has 4 rings (SSSR count). The van der Waals surface area contributed by atoms with Gasteiger partial charge in [0.05, 0.1) is 5.25 Å². The van der Waals surface area contributed by atoms with Gasteiger partial charge in [-0.1, -0.05) is 42.1 Å². The summed E-state index contributed by atoms with van der Waals surface area (Å²) in [7, 11) is 0. The maximum absolute atomic E-state index is 13.0. The largest absolute Gasteiger partial charge is 0.419 e. The summed E-state index contributed by atoms with van der Waals surface area (Å²) in [5.41, 5.74) is 1.64. The van der Waals surface area contributed by atoms with Crippen molar-refractivity contribution >= 4 is 11.8 Å². The smallest absolute Gasteiger partial charge is 0.247 e. The Balaban J connectivity index is 1.48. The summed E-state index contributed by atoms with van der Waals surface area (Å²) in [4.78, 5) is 4.49. The van der Waals surface area contributed by atoms with E-state index in [9.17, 15) is 4.39 Å². The number of benzene rings is 2. The van der Waals surface area contributed by atoms with Crippen molar-refractivity contribution in [3.05, 3.63) is 66.3 Å². The molecule has 0 aliphatic rings. The van der Waals surface area contributed by atoms with Crippen molar-refractivity contribution in [3.8, 4) is 22.8 Å². The number of aromatic amines is 1. The molecule has 8 heteroatoms. The molecule has 1 atom stereocenters. The van der Waals surface area contributed by atoms with Gasteiger partial charge in [-0.3, -0.25) is 5.10 Å². The molecule has 0 radical (unpaired) electrons. The Hall–Kier alpha value is -3.00. The third kappa shape index (κ3) is 3.50. The van der Waals surface area contributed by atoms with Crippen LogP contribution in [-0.2, 0) is 0 Å². The van der Waals surface area contributed by atoms with Crippen LogP contribution in [0.25, 0.3) is 22.8 Å². The van der Waals surface area contributed by atoms with Crippen molar-refractivity contribution in [1.82, 2.24) is 25.4 Å². The standard InChI is InChI=1S/C18H14FN5OS/c1-11(16-22-23-17(25-16)13-7-9-14(19)10-8-13)26-18-20-15(21-24-18)12-5-3-2-4-6-12/h2-11H,1H3,(H,20,21,24)/t11-/m0/s1. The fourth-order valence-electron chi connectivity index (χ4n) is 2.34. The van der Waals surface area contributed by atoms with Crippen LogP contribution >= 0.6 is 11.8 Å². The van der Waals surface area contributed by atoms with Gasteiger partial charge >= 0.3 is 0 Å². The highest BCUT2D eigenvalue weighted by Crippen LogP contribution is 2.33. The Morgan fingerprint density at radius 3 is 2.54 bits per heavy atom. The molecule has 2 aromatic heterocycles. The number of halogens is 1. The van der Waals surface area contributed by atoms with Gasteiger partial charge in [-0.05, 0) is 31.2 Å². The van der Waals surface area contributed by atoms with Crippen LogP contribution in [0.2, 0.25) is 0 Å². The van der Waals surface area contributed by atoms with Crippen LogP contribution in [0.5, 0.6) is 0 Å². The average molecular weight is 367 g/mol. The molecule has 26 heavy (non-hydrogen) atoms. The fraction of sp³-hybridized carbons (Fsp3) is 0.111. The van der Waals surface area contributed by atoms with E-state index >= 15 is 0 Å². The summed E-state index contributed by atoms with van der Waals surface area (Å²) in [6, 6.07) is 15.7. The molecule has 2 aromatic carbocycles. The number of rotatable bonds is 5. The predicted molar refractivity (Wildman–Crippen MR) is 95.8 cm³/mol. The Bertz CT molecular complexity index is 1000. The highest BCUT2D eigenvalue weighted by Gasteiger charge is 2.18. The van der Waals surface area contributed by atoms with Gasteiger partial charge in [0, 0.05) is 11.1 Å². The van der Waals surface area contributed by atoms with Crippen LogP contribution in [0.15, 0.2) is 64.2 Å². The lowest BCUT2D eigenvalue weighted by atomic mass is 10.2. The van der Waals surface area contributed by atoms with Gasteiger partial charge in [-0.15, -0.1) is 15.3 Å². The van der Waals surface area contributed by atoms with Crippen LogP contribution in [0.4, 0.5) is 4.39 Å². The first-order valence-electron chi connectivity index (χ1n) is 7.93. The summed E-state index contributed by atoms with van der Waals surface area (Å²) in [6.45, 7) is 1.94. The maximum atomic E-state index is 13.0. The Morgan fingerprint density at radius 2 is 1.77 bits per heavy atom. The van der Waals surface area contributed by atoms with Crippen LogP contribution in [0.3, 0.4) is 0 Å². The molecule has 0 unspecified atom stereocenters. The van der Waals surface area contributed by atoms with E-state index in [4.69, 9.17) is 4.42 Å². The van der Waals surface area contributed by atoms with Gasteiger partial charge in [0.25, 0.3) is 0 Å². The van der Waals surface area contributed by atoms with E-state index < -0.39 is 0 Å². The first-order valence-corrected chi connectivity index (χ1v) is 8.81. The predicted octanol–water partition coefficient (Wildman–Crippen LogP) is 4.51. The summed E-state index contributed by atoms with van der Waals surface area (Å²) in [5, 5.41) is 15.7. The third-order valence-electron chi connectivity index (χ3n) is 3.67. The van der Waals surface area contributed by atoms with Crippen LogP contribution in [-0.4, -0.2) is 25.4 Å². The van der Waals surface area contributed by atoms with Gasteiger partial charge in [0.1, 0.15) is 5.82 Å². The van der Waals surface area contributed by atoms with Gasteiger partial charge in [0.2, 0.25) is 16.9 Å². The molecule has 0 saturated heterocycles. The summed E-state index contributed by atoms with van der Waals surface area (Å²) < 4.78 is 18.7. The van der Waals surface area contributed by atoms with Crippen molar-refractivity contribution in [2.24, 2.45) is 0 Å². The van der Waals surface area contributed by atoms with E-state index in [0.717, 1.165) is 5.56 Å². The van der Waals surface area contributed by atoms with E-state index in [0.29, 0.717) is 28.3 Å². The second-order valence-electron chi connectivity index (χ2n) is 5.55. The van der Waals surface area contributed by atoms with Gasteiger partial charge < -0.3 is 4.42 Å². The minimum absolute atomic E-state index is 0.129. The molecule has 1 N–H and O–H groups in total. The molecule has 0 amide bonds. The van der Waals surface area contributed by atoms with E-state index in [1.54, 1.807) is 12.1 Å². The number of hydrogen-bond acceptors (Lipinski definition) is 6. The molecule has 0 spiro atoms. The number of thioether (sulfide) groups is 1. The maximum Gasteiger partial charge on any atom is 0.247 e. The minimum Gasteiger partial charge on any atom is -0.419 e. The number of aromatic nitrogens is 5. The molecule has 0 aliphatic heterocycles. The lowest BCUT2D eigenvalue weighted by Gasteiger charge is -2.02. The summed E-state index contributed by atoms with van der Waals surface area (Å²) in [6.07, 6.45) is 0. The van der Waals surface area contributed by atoms with E-state index in [1.807, 2.05) is 37.3 Å². The number of nitrogens with one attached hydrogen (secondary N) is 1. The SMILES string of the molecule is C[C@H](Sc1n[nH]c(-c2ccccc2)n1)c1nnc(-c2ccc(F)cc2)o1. The molecular formula is C18H14FN5OS. The lowest BCUT2D eigenvalue weighted by molar-refractivity contribution is 0.509. The number of H-pyrrole nitrogens is 1. The summed E-state index contributed by atoms with van der Waals surface area (Å²) >= 11 is 1.41. The first kappa shape index (κ1) is 16.5. The van der Waals surface area contributed by atoms with Crippen molar-refractivity contribution < 1.29 is 8.81 Å². The van der Waals surface area contributed by atoms with E-state index in [2.05, 4.69) is 25.4 Å². The molecule has 0 saturated carbocycles. The normalized spacial score (nSPS) is 12.2. The summed E-state index contributed by atoms with van der Waals surface area (Å²) in [5.74, 6) is 1.21. The van der Waals surface area contributed by atoms with Crippen molar-refractivity contribution in [2.45, 2.75) is 17.3 Å². The zero-order valence-electron chi connectivity index (χ0n) is 13.8. The molecule has 6 nitrogen and oxygen atoms in total. The zero-order valence-corrected chi connectivity index (χ0v) is 14.6. The second kappa shape index (κ2) is 7.09. The molecule has 130 valence electrons. The third-order valence-corrected chi connectivity index (χ3v) is 4.62. The molecule has 0 fully saturated rings. The molecule has 0 bridgehead atoms. The van der Waals surface area contributed by atoms with Gasteiger partial charge in [-0.2, -0.15) is 0 Å². The molecule has 4 aromatic rings. The Labute approximate surface area is 152 Å². The average Bonchev–Trinajstić information content (AvgIpc) is 3.33. The van der Waals surface area contributed by atoms with Crippen molar-refractivity contribution in [3.63, 3.8) is 0 Å². The Morgan fingerprint density at radius 1 is 1.00 bits per heavy atom. The van der Waals surface area contributed by atoms with Crippen molar-refractivity contribution in [2.75, 3.05) is 0 Å². The second-order valence-corrected chi connectivity index (χ2v) is 6.85. The van der Waals surface area contributed by atoms with Gasteiger partial charge in [0.15, 0.2) is 5.82 Å². The molecule has 0 aliphatic carbocycles. The monoisotopic (exact) mass is 367 g/mol. The van der Waals surface area contributed by atoms with E-state index in [1.165, 1.54) is 23.9 Å². The molecular weight excluding hydrogens is 353 g/mol. The lowest BCUT2D eigenvalue weighted by Crippen LogP contribution is -1.89. The number of nitrogens with zero attached hydrogens (tertiary/aromatic N) is 4. The Kier molecular flexibility index (Phi) is 4.49. The highest BCUT2D eigenvalue weighted by molar-refractivity contribution is 7.99. The van der Waals surface area contributed by atoms with Gasteiger partial charge in [-0.25, -0.2) is 9.37 Å². The number of hydrogen-bond donors (Lipinski definition) is 1. The van der Waals surface area contributed by atoms with Crippen molar-refractivity contribution in [1.29, 1.82) is 0 Å². The quantitative estimate of drug-likeness (QED) is 0.523. The highest BCUT2D eigenvalue weighted by atomic mass is 32.2. The van der Waals surface area contributed by atoms with Crippen LogP contribution in [0, 0.1) is 5.82 Å². The molecule has 2 heterocycles. The van der Waals surface area contributed by atoms with E-state index in [-0.39, 0.29) is 11.1 Å². The topological polar surface area (TPSA) is 80.5 Å². The minimum atomic E-state index is -0.309. The van der Waals surface area contributed by atoms with Crippen LogP contribution < -0.4 is 0 Å². The zero-order chi connectivity index (χ0) is 17.9. The van der Waals surface area contributed by atoms with Crippen LogP contribution in [0.1, 0.15) is 18.1 Å².